The summed E-state index contributed by atoms with van der Waals surface area (Å²) >= 11 is 1.50. The minimum absolute atomic E-state index is 0.0499. The first kappa shape index (κ1) is 17.1. The van der Waals surface area contributed by atoms with E-state index in [-0.39, 0.29) is 5.91 Å². The van der Waals surface area contributed by atoms with E-state index in [1.165, 1.54) is 11.3 Å². The van der Waals surface area contributed by atoms with Crippen LogP contribution in [-0.4, -0.2) is 27.8 Å². The topological polar surface area (TPSA) is 55.3 Å². The molecule has 0 saturated carbocycles. The third-order valence-corrected chi connectivity index (χ3v) is 4.49. The van der Waals surface area contributed by atoms with Crippen LogP contribution in [0.4, 0.5) is 0 Å². The molecule has 5 nitrogen and oxygen atoms in total. The Morgan fingerprint density at radius 3 is 2.80 bits per heavy atom. The van der Waals surface area contributed by atoms with Gasteiger partial charge in [-0.2, -0.15) is 0 Å². The molecule has 0 atom stereocenters. The second-order valence-corrected chi connectivity index (χ2v) is 6.56. The number of carbonyl (C=O) groups excluding carboxylic acids is 1. The number of hydrogen-bond acceptors (Lipinski definition) is 5. The Kier molecular flexibility index (Phi) is 5.74. The number of pyridine rings is 1. The van der Waals surface area contributed by atoms with Crippen molar-refractivity contribution >= 4 is 17.2 Å². The molecule has 0 radical (unpaired) electrons. The van der Waals surface area contributed by atoms with E-state index >= 15 is 0 Å². The molecule has 0 aliphatic carbocycles. The van der Waals surface area contributed by atoms with Crippen molar-refractivity contribution in [2.45, 2.75) is 19.6 Å². The third kappa shape index (κ3) is 5.12. The summed E-state index contributed by atoms with van der Waals surface area (Å²) in [6.07, 6.45) is 3.66. The molecule has 0 fully saturated rings. The second kappa shape index (κ2) is 8.39. The minimum atomic E-state index is 0.0499. The van der Waals surface area contributed by atoms with Crippen LogP contribution in [0.5, 0.6) is 5.75 Å². The molecule has 2 heterocycles. The minimum Gasteiger partial charge on any atom is -0.485 e. The van der Waals surface area contributed by atoms with Gasteiger partial charge in [-0.25, -0.2) is 4.98 Å². The highest BCUT2D eigenvalue weighted by atomic mass is 32.1. The van der Waals surface area contributed by atoms with Gasteiger partial charge in [0.15, 0.2) is 0 Å². The molecule has 128 valence electrons. The molecule has 1 aromatic carbocycles. The first-order valence-electron chi connectivity index (χ1n) is 7.94. The van der Waals surface area contributed by atoms with Crippen LogP contribution in [0.3, 0.4) is 0 Å². The summed E-state index contributed by atoms with van der Waals surface area (Å²) in [5.41, 5.74) is 1.89. The van der Waals surface area contributed by atoms with Gasteiger partial charge in [0, 0.05) is 25.2 Å². The maximum atomic E-state index is 12.4. The number of nitrogens with zero attached hydrogens (tertiary/aromatic N) is 3. The van der Waals surface area contributed by atoms with Gasteiger partial charge in [0.05, 0.1) is 18.3 Å². The number of amides is 1. The zero-order chi connectivity index (χ0) is 17.5. The van der Waals surface area contributed by atoms with Gasteiger partial charge in [-0.15, -0.1) is 11.3 Å². The molecule has 0 unspecified atom stereocenters. The highest BCUT2D eigenvalue weighted by Crippen LogP contribution is 2.15. The van der Waals surface area contributed by atoms with Gasteiger partial charge in [-0.3, -0.25) is 9.78 Å². The molecule has 0 N–H and O–H groups in total. The first-order valence-corrected chi connectivity index (χ1v) is 8.82. The smallest absolute Gasteiger partial charge is 0.228 e. The van der Waals surface area contributed by atoms with Crippen molar-refractivity contribution in [1.29, 1.82) is 0 Å². The van der Waals surface area contributed by atoms with Crippen molar-refractivity contribution in [2.75, 3.05) is 7.05 Å². The molecule has 0 aliphatic rings. The zero-order valence-corrected chi connectivity index (χ0v) is 14.8. The molecule has 2 aromatic heterocycles. The summed E-state index contributed by atoms with van der Waals surface area (Å²) in [6.45, 7) is 0.977. The average molecular weight is 353 g/mol. The molecule has 0 aliphatic heterocycles. The number of aromatic nitrogens is 2. The molecular formula is C19H19N3O2S. The van der Waals surface area contributed by atoms with Gasteiger partial charge in [-0.1, -0.05) is 30.3 Å². The van der Waals surface area contributed by atoms with E-state index in [0.29, 0.717) is 25.3 Å². The van der Waals surface area contributed by atoms with Crippen LogP contribution in [0.25, 0.3) is 0 Å². The third-order valence-electron chi connectivity index (χ3n) is 3.62. The number of likely N-dealkylation sites (N-methyl/N-ethyl adjacent to an activating group) is 1. The number of hydrogen-bond donors (Lipinski definition) is 0. The highest BCUT2D eigenvalue weighted by molar-refractivity contribution is 7.09. The Balaban J connectivity index is 1.51. The fourth-order valence-corrected chi connectivity index (χ4v) is 3.01. The molecule has 0 bridgehead atoms. The van der Waals surface area contributed by atoms with Gasteiger partial charge in [0.2, 0.25) is 5.91 Å². The van der Waals surface area contributed by atoms with Gasteiger partial charge in [-0.05, 0) is 17.7 Å². The van der Waals surface area contributed by atoms with Gasteiger partial charge in [0.1, 0.15) is 17.4 Å². The maximum Gasteiger partial charge on any atom is 0.228 e. The SMILES string of the molecule is CN(Cc1ccccc1)C(=O)Cc1csc(COc2cccnc2)n1. The summed E-state index contributed by atoms with van der Waals surface area (Å²) in [5.74, 6) is 0.756. The van der Waals surface area contributed by atoms with Crippen LogP contribution in [0.2, 0.25) is 0 Å². The Labute approximate surface area is 150 Å². The van der Waals surface area contributed by atoms with Crippen LogP contribution >= 0.6 is 11.3 Å². The van der Waals surface area contributed by atoms with E-state index in [0.717, 1.165) is 16.3 Å². The van der Waals surface area contributed by atoms with Gasteiger partial charge in [0.25, 0.3) is 0 Å². The molecule has 0 saturated heterocycles. The highest BCUT2D eigenvalue weighted by Gasteiger charge is 2.13. The lowest BCUT2D eigenvalue weighted by atomic mass is 10.2. The zero-order valence-electron chi connectivity index (χ0n) is 14.0. The van der Waals surface area contributed by atoms with E-state index in [9.17, 15) is 4.79 Å². The van der Waals surface area contributed by atoms with Crippen LogP contribution in [0.1, 0.15) is 16.3 Å². The van der Waals surface area contributed by atoms with E-state index in [2.05, 4.69) is 9.97 Å². The summed E-state index contributed by atoms with van der Waals surface area (Å²) in [6, 6.07) is 13.6. The lowest BCUT2D eigenvalue weighted by Crippen LogP contribution is -2.27. The first-order chi connectivity index (χ1) is 12.2. The van der Waals surface area contributed by atoms with Crippen molar-refractivity contribution in [3.63, 3.8) is 0 Å². The van der Waals surface area contributed by atoms with E-state index < -0.39 is 0 Å². The Hall–Kier alpha value is -2.73. The predicted molar refractivity (Wildman–Crippen MR) is 97.3 cm³/mol. The molecule has 1 amide bonds. The van der Waals surface area contributed by atoms with Crippen LogP contribution in [0, 0.1) is 0 Å². The van der Waals surface area contributed by atoms with E-state index in [4.69, 9.17) is 4.74 Å². The van der Waals surface area contributed by atoms with Crippen LogP contribution in [0.15, 0.2) is 60.2 Å². The fourth-order valence-electron chi connectivity index (χ4n) is 2.31. The number of rotatable bonds is 7. The number of thiazole rings is 1. The van der Waals surface area contributed by atoms with Crippen molar-refractivity contribution < 1.29 is 9.53 Å². The predicted octanol–water partition coefficient (Wildman–Crippen LogP) is 3.32. The molecule has 0 spiro atoms. The van der Waals surface area contributed by atoms with Crippen molar-refractivity contribution in [1.82, 2.24) is 14.9 Å². The maximum absolute atomic E-state index is 12.4. The fraction of sp³-hybridized carbons (Fsp3) is 0.211. The van der Waals surface area contributed by atoms with Gasteiger partial charge >= 0.3 is 0 Å². The standard InChI is InChI=1S/C19H19N3O2S/c1-22(12-15-6-3-2-4-7-15)19(23)10-16-14-25-18(21-16)13-24-17-8-5-9-20-11-17/h2-9,11,14H,10,12-13H2,1H3. The number of carbonyl (C=O) groups is 1. The summed E-state index contributed by atoms with van der Waals surface area (Å²) in [5, 5.41) is 2.76. The molecule has 3 aromatic rings. The van der Waals surface area contributed by atoms with Crippen molar-refractivity contribution in [3.05, 3.63) is 76.5 Å². The monoisotopic (exact) mass is 353 g/mol. The summed E-state index contributed by atoms with van der Waals surface area (Å²) in [7, 11) is 1.81. The second-order valence-electron chi connectivity index (χ2n) is 5.62. The van der Waals surface area contributed by atoms with E-state index in [1.807, 2.05) is 54.9 Å². The molecule has 3 rings (SSSR count). The summed E-state index contributed by atoms with van der Waals surface area (Å²) in [4.78, 5) is 22.6. The lowest BCUT2D eigenvalue weighted by molar-refractivity contribution is -0.129. The Morgan fingerprint density at radius 2 is 2.04 bits per heavy atom. The lowest BCUT2D eigenvalue weighted by Gasteiger charge is -2.16. The summed E-state index contributed by atoms with van der Waals surface area (Å²) < 4.78 is 5.63. The number of ether oxygens (including phenoxy) is 1. The Bertz CT molecular complexity index is 806. The molecule has 6 heteroatoms. The largest absolute Gasteiger partial charge is 0.485 e. The van der Waals surface area contributed by atoms with Crippen LogP contribution < -0.4 is 4.74 Å². The van der Waals surface area contributed by atoms with E-state index in [1.54, 1.807) is 17.3 Å². The molecular weight excluding hydrogens is 334 g/mol. The van der Waals surface area contributed by atoms with Crippen LogP contribution in [-0.2, 0) is 24.4 Å². The Morgan fingerprint density at radius 1 is 1.20 bits per heavy atom. The number of benzene rings is 1. The average Bonchev–Trinajstić information content (AvgIpc) is 3.09. The van der Waals surface area contributed by atoms with Crippen molar-refractivity contribution in [3.8, 4) is 5.75 Å². The molecule has 25 heavy (non-hydrogen) atoms. The normalized spacial score (nSPS) is 10.4. The van der Waals surface area contributed by atoms with Gasteiger partial charge < -0.3 is 9.64 Å². The van der Waals surface area contributed by atoms with Crippen molar-refractivity contribution in [2.24, 2.45) is 0 Å². The quantitative estimate of drug-likeness (QED) is 0.654.